The molecule has 6 nitrogen and oxygen atoms in total. The molecule has 8 heteroatoms. The van der Waals surface area contributed by atoms with Crippen molar-refractivity contribution in [3.8, 4) is 11.4 Å². The van der Waals surface area contributed by atoms with E-state index >= 15 is 0 Å². The van der Waals surface area contributed by atoms with E-state index < -0.39 is 10.0 Å². The van der Waals surface area contributed by atoms with Crippen molar-refractivity contribution in [2.24, 2.45) is 5.14 Å². The van der Waals surface area contributed by atoms with E-state index in [0.29, 0.717) is 17.2 Å². The van der Waals surface area contributed by atoms with Gasteiger partial charge in [-0.1, -0.05) is 24.3 Å². The first kappa shape index (κ1) is 15.9. The van der Waals surface area contributed by atoms with Gasteiger partial charge in [-0.25, -0.2) is 23.5 Å². The van der Waals surface area contributed by atoms with E-state index in [2.05, 4.69) is 9.97 Å². The quantitative estimate of drug-likeness (QED) is 0.754. The van der Waals surface area contributed by atoms with Gasteiger partial charge in [0.1, 0.15) is 10.6 Å². The molecule has 1 aromatic carbocycles. The molecule has 3 aromatic rings. The Kier molecular flexibility index (Phi) is 3.83. The summed E-state index contributed by atoms with van der Waals surface area (Å²) < 4.78 is 22.2. The van der Waals surface area contributed by atoms with Gasteiger partial charge in [0, 0.05) is 10.4 Å². The predicted octanol–water partition coefficient (Wildman–Crippen LogP) is 2.35. The lowest BCUT2D eigenvalue weighted by molar-refractivity contribution is 0.597. The summed E-state index contributed by atoms with van der Waals surface area (Å²) in [5.74, 6) is 0.789. The van der Waals surface area contributed by atoms with Gasteiger partial charge in [0.2, 0.25) is 10.0 Å². The van der Waals surface area contributed by atoms with Crippen molar-refractivity contribution in [1.82, 2.24) is 9.97 Å². The normalized spacial score (nSPS) is 12.0. The van der Waals surface area contributed by atoms with Crippen molar-refractivity contribution in [2.45, 2.75) is 19.6 Å². The van der Waals surface area contributed by atoms with Gasteiger partial charge >= 0.3 is 0 Å². The topological polar surface area (TPSA) is 112 Å². The molecule has 0 spiro atoms. The zero-order chi connectivity index (χ0) is 16.8. The molecule has 0 aliphatic carbocycles. The number of aryl methyl sites for hydroxylation is 2. The van der Waals surface area contributed by atoms with Crippen LogP contribution in [0.2, 0.25) is 0 Å². The third-order valence-electron chi connectivity index (χ3n) is 3.64. The van der Waals surface area contributed by atoms with Crippen LogP contribution < -0.4 is 10.9 Å². The van der Waals surface area contributed by atoms with Crippen molar-refractivity contribution in [3.05, 3.63) is 40.3 Å². The number of anilines is 1. The molecule has 0 radical (unpaired) electrons. The summed E-state index contributed by atoms with van der Waals surface area (Å²) in [6.45, 7) is 4.04. The number of thiophene rings is 1. The van der Waals surface area contributed by atoms with Crippen molar-refractivity contribution in [1.29, 1.82) is 0 Å². The maximum Gasteiger partial charge on any atom is 0.213 e. The van der Waals surface area contributed by atoms with Gasteiger partial charge in [0.15, 0.2) is 5.82 Å². The van der Waals surface area contributed by atoms with Crippen LogP contribution in [0.25, 0.3) is 21.6 Å². The first-order valence-electron chi connectivity index (χ1n) is 6.87. The van der Waals surface area contributed by atoms with Crippen LogP contribution in [0.15, 0.2) is 24.3 Å². The monoisotopic (exact) mass is 348 g/mol. The van der Waals surface area contributed by atoms with Gasteiger partial charge in [-0.05, 0) is 25.0 Å². The molecule has 0 bridgehead atoms. The van der Waals surface area contributed by atoms with Crippen LogP contribution in [-0.2, 0) is 15.8 Å². The molecule has 120 valence electrons. The smallest absolute Gasteiger partial charge is 0.213 e. The van der Waals surface area contributed by atoms with Crippen molar-refractivity contribution < 1.29 is 8.42 Å². The minimum Gasteiger partial charge on any atom is -0.383 e. The van der Waals surface area contributed by atoms with E-state index in [-0.39, 0.29) is 5.75 Å². The Labute approximate surface area is 138 Å². The largest absolute Gasteiger partial charge is 0.383 e. The van der Waals surface area contributed by atoms with E-state index in [0.717, 1.165) is 21.3 Å². The predicted molar refractivity (Wildman–Crippen MR) is 93.5 cm³/mol. The molecule has 2 heterocycles. The lowest BCUT2D eigenvalue weighted by Crippen LogP contribution is -2.14. The number of primary sulfonamides is 1. The number of fused-ring (bicyclic) bond motifs is 1. The van der Waals surface area contributed by atoms with Crippen LogP contribution in [0.3, 0.4) is 0 Å². The van der Waals surface area contributed by atoms with Crippen LogP contribution in [0.5, 0.6) is 0 Å². The standard InChI is InChI=1S/C15H16N4O2S2/c1-8-9(2)22-15-12(8)13(16)18-14(19-15)11-5-3-10(4-6-11)7-23(17,20)21/h3-6H,7H2,1-2H3,(H2,16,18,19)(H2,17,20,21). The SMILES string of the molecule is Cc1sc2nc(-c3ccc(CS(N)(=O)=O)cc3)nc(N)c2c1C. The first-order chi connectivity index (χ1) is 10.7. The summed E-state index contributed by atoms with van der Waals surface area (Å²) in [4.78, 5) is 11.0. The number of hydrogen-bond donors (Lipinski definition) is 2. The molecule has 0 fully saturated rings. The molecule has 0 aliphatic rings. The van der Waals surface area contributed by atoms with Crippen LogP contribution in [0.1, 0.15) is 16.0 Å². The highest BCUT2D eigenvalue weighted by molar-refractivity contribution is 7.88. The molecular formula is C15H16N4O2S2. The molecule has 0 aliphatic heterocycles. The summed E-state index contributed by atoms with van der Waals surface area (Å²) in [7, 11) is -3.54. The number of rotatable bonds is 3. The highest BCUT2D eigenvalue weighted by Gasteiger charge is 2.14. The maximum absolute atomic E-state index is 11.1. The van der Waals surface area contributed by atoms with Gasteiger partial charge < -0.3 is 5.73 Å². The van der Waals surface area contributed by atoms with Gasteiger partial charge in [-0.15, -0.1) is 11.3 Å². The summed E-state index contributed by atoms with van der Waals surface area (Å²) in [5.41, 5.74) is 8.59. The number of nitrogen functional groups attached to an aromatic ring is 1. The van der Waals surface area contributed by atoms with E-state index in [1.807, 2.05) is 13.8 Å². The van der Waals surface area contributed by atoms with Crippen molar-refractivity contribution in [3.63, 3.8) is 0 Å². The molecule has 3 rings (SSSR count). The first-order valence-corrected chi connectivity index (χ1v) is 9.41. The third-order valence-corrected chi connectivity index (χ3v) is 5.47. The fourth-order valence-corrected chi connectivity index (χ4v) is 4.09. The van der Waals surface area contributed by atoms with Gasteiger partial charge in [0.25, 0.3) is 0 Å². The molecule has 0 saturated carbocycles. The van der Waals surface area contributed by atoms with E-state index in [1.165, 1.54) is 4.88 Å². The molecule has 0 amide bonds. The average molecular weight is 348 g/mol. The van der Waals surface area contributed by atoms with E-state index in [1.54, 1.807) is 35.6 Å². The average Bonchev–Trinajstić information content (AvgIpc) is 2.73. The Bertz CT molecular complexity index is 992. The maximum atomic E-state index is 11.1. The number of aromatic nitrogens is 2. The second-order valence-electron chi connectivity index (χ2n) is 5.40. The number of sulfonamides is 1. The lowest BCUT2D eigenvalue weighted by atomic mass is 10.1. The molecule has 0 unspecified atom stereocenters. The Morgan fingerprint density at radius 1 is 1.13 bits per heavy atom. The zero-order valence-corrected chi connectivity index (χ0v) is 14.3. The number of nitrogens with two attached hydrogens (primary N) is 2. The fraction of sp³-hybridized carbons (Fsp3) is 0.200. The Balaban J connectivity index is 2.03. The molecule has 4 N–H and O–H groups in total. The van der Waals surface area contributed by atoms with Crippen molar-refractivity contribution >= 4 is 37.4 Å². The van der Waals surface area contributed by atoms with Crippen LogP contribution >= 0.6 is 11.3 Å². The van der Waals surface area contributed by atoms with Crippen LogP contribution in [0, 0.1) is 13.8 Å². The molecule has 2 aromatic heterocycles. The Morgan fingerprint density at radius 2 is 1.78 bits per heavy atom. The van der Waals surface area contributed by atoms with Gasteiger partial charge in [-0.2, -0.15) is 0 Å². The van der Waals surface area contributed by atoms with Crippen molar-refractivity contribution in [2.75, 3.05) is 5.73 Å². The highest BCUT2D eigenvalue weighted by Crippen LogP contribution is 2.33. The number of hydrogen-bond acceptors (Lipinski definition) is 6. The highest BCUT2D eigenvalue weighted by atomic mass is 32.2. The Hall–Kier alpha value is -2.03. The molecule has 23 heavy (non-hydrogen) atoms. The fourth-order valence-electron chi connectivity index (χ4n) is 2.39. The number of benzene rings is 1. The minimum absolute atomic E-state index is 0.196. The molecule has 0 atom stereocenters. The summed E-state index contributed by atoms with van der Waals surface area (Å²) in [5, 5.41) is 5.95. The summed E-state index contributed by atoms with van der Waals surface area (Å²) in [6.07, 6.45) is 0. The van der Waals surface area contributed by atoms with Gasteiger partial charge in [0.05, 0.1) is 11.1 Å². The summed E-state index contributed by atoms with van der Waals surface area (Å²) >= 11 is 1.59. The van der Waals surface area contributed by atoms with E-state index in [9.17, 15) is 8.42 Å². The van der Waals surface area contributed by atoms with Crippen LogP contribution in [0.4, 0.5) is 5.82 Å². The molecule has 0 saturated heterocycles. The second-order valence-corrected chi connectivity index (χ2v) is 8.22. The van der Waals surface area contributed by atoms with Gasteiger partial charge in [-0.3, -0.25) is 0 Å². The minimum atomic E-state index is -3.54. The van der Waals surface area contributed by atoms with E-state index in [4.69, 9.17) is 10.9 Å². The van der Waals surface area contributed by atoms with Crippen LogP contribution in [-0.4, -0.2) is 18.4 Å². The summed E-state index contributed by atoms with van der Waals surface area (Å²) in [6, 6.07) is 6.95. The molecular weight excluding hydrogens is 332 g/mol. The number of nitrogens with zero attached hydrogens (tertiary/aromatic N) is 2. The second kappa shape index (κ2) is 5.55. The lowest BCUT2D eigenvalue weighted by Gasteiger charge is -2.05. The Morgan fingerprint density at radius 3 is 2.39 bits per heavy atom. The zero-order valence-electron chi connectivity index (χ0n) is 12.7. The third kappa shape index (κ3) is 3.19.